The highest BCUT2D eigenvalue weighted by Crippen LogP contribution is 2.35. The molecule has 0 saturated carbocycles. The van der Waals surface area contributed by atoms with E-state index in [4.69, 9.17) is 20.9 Å². The monoisotopic (exact) mass is 1110 g/mol. The standard InChI is InChI=1S/C44H48F8N18O4S2/c1-23-59-37(65-41(53)61-23)29-11-25(19-67-5-7-69(75-4)21-33(67)43(47,48)49)15-55-36(29)64-28-14-32(46)40(58-18-28)74-9-10-76(71,72)70-8-6-68(34(22-70)44(50,51)52)20-26-12-30(38-60-24(2)62-42(54)66-38)35(56-16-26)63-27-13-31(45)39(73-3)57-17-27/h11-18,33-34H,5-10,19-22H2,1-4H3,(H,55,64)(H,56,63)(H2,53,59,61,65)(H2,54,60,62,66)/p+1. The van der Waals surface area contributed by atoms with E-state index in [0.717, 1.165) is 17.0 Å². The maximum Gasteiger partial charge on any atom is 0.405 e. The maximum atomic E-state index is 15.6. The van der Waals surface area contributed by atoms with Gasteiger partial charge in [0.15, 0.2) is 23.7 Å². The molecule has 2 aliphatic heterocycles. The summed E-state index contributed by atoms with van der Waals surface area (Å²) in [6, 6.07) is 1.08. The molecule has 2 aliphatic rings. The fourth-order valence-electron chi connectivity index (χ4n) is 8.39. The number of hydrogen-bond donors (Lipinski definition) is 4. The number of aryl methyl sites for hydroxylation is 2. The van der Waals surface area contributed by atoms with Gasteiger partial charge in [0, 0.05) is 76.9 Å². The molecule has 0 aromatic carbocycles. The number of methoxy groups -OCH3 is 1. The number of nitrogens with two attached hydrogens (primary N) is 2. The number of nitrogens with one attached hydrogen (secondary N) is 3. The van der Waals surface area contributed by atoms with Gasteiger partial charge in [-0.2, -0.15) is 60.0 Å². The van der Waals surface area contributed by atoms with Crippen LogP contribution in [-0.2, 0) is 23.1 Å². The van der Waals surface area contributed by atoms with Crippen molar-refractivity contribution >= 4 is 56.9 Å². The summed E-state index contributed by atoms with van der Waals surface area (Å²) in [4.78, 5) is 42.6. The molecule has 6 aromatic heterocycles. The zero-order valence-corrected chi connectivity index (χ0v) is 42.4. The minimum atomic E-state index is -4.90. The van der Waals surface area contributed by atoms with Crippen LogP contribution < -0.4 is 36.6 Å². The number of H-pyrrole nitrogens is 1. The summed E-state index contributed by atoms with van der Waals surface area (Å²) in [5.74, 6) is -3.02. The first-order chi connectivity index (χ1) is 36.0. The van der Waals surface area contributed by atoms with Gasteiger partial charge in [-0.05, 0) is 43.4 Å². The largest absolute Gasteiger partial charge is 0.479 e. The third-order valence-electron chi connectivity index (χ3n) is 12.0. The van der Waals surface area contributed by atoms with Gasteiger partial charge in [-0.1, -0.05) is 11.9 Å². The Labute approximate surface area is 433 Å². The van der Waals surface area contributed by atoms with E-state index in [-0.39, 0.29) is 120 Å². The lowest BCUT2D eigenvalue weighted by Crippen LogP contribution is -2.60. The number of alkyl halides is 6. The third kappa shape index (κ3) is 13.3. The van der Waals surface area contributed by atoms with E-state index < -0.39 is 70.9 Å². The average Bonchev–Trinajstić information content (AvgIpc) is 3.34. The number of anilines is 6. The molecule has 7 N–H and O–H groups in total. The fraction of sp³-hybridized carbons (Fsp3) is 0.409. The van der Waals surface area contributed by atoms with Gasteiger partial charge in [0.2, 0.25) is 33.6 Å². The third-order valence-corrected chi connectivity index (χ3v) is 14.6. The van der Waals surface area contributed by atoms with E-state index in [1.165, 1.54) is 54.8 Å². The molecule has 76 heavy (non-hydrogen) atoms. The molecule has 2 atom stereocenters. The van der Waals surface area contributed by atoms with Crippen LogP contribution in [0.2, 0.25) is 0 Å². The maximum absolute atomic E-state index is 15.6. The molecule has 0 bridgehead atoms. The minimum absolute atomic E-state index is 0.00884. The molecule has 2 fully saturated rings. The zero-order valence-electron chi connectivity index (χ0n) is 40.8. The van der Waals surface area contributed by atoms with Crippen LogP contribution in [0.25, 0.3) is 22.8 Å². The number of aromatic amines is 1. The Morgan fingerprint density at radius 1 is 0.724 bits per heavy atom. The van der Waals surface area contributed by atoms with Gasteiger partial charge in [-0.25, -0.2) is 42.0 Å². The topological polar surface area (TPSA) is 272 Å². The van der Waals surface area contributed by atoms with E-state index >= 15 is 4.39 Å². The van der Waals surface area contributed by atoms with Gasteiger partial charge in [0.25, 0.3) is 0 Å². The number of nitrogen functional groups attached to an aromatic ring is 2. The average molecular weight is 1110 g/mol. The predicted octanol–water partition coefficient (Wildman–Crippen LogP) is 4.73. The van der Waals surface area contributed by atoms with Crippen LogP contribution >= 0.6 is 11.9 Å². The highest BCUT2D eigenvalue weighted by Gasteiger charge is 2.49. The van der Waals surface area contributed by atoms with Crippen LogP contribution in [0.5, 0.6) is 11.8 Å². The number of rotatable bonds is 17. The minimum Gasteiger partial charge on any atom is -0.479 e. The van der Waals surface area contributed by atoms with Crippen LogP contribution in [0.15, 0.2) is 49.1 Å². The Bertz CT molecular complexity index is 3150. The molecule has 6 aromatic rings. The summed E-state index contributed by atoms with van der Waals surface area (Å²) >= 11 is 1.23. The second-order valence-electron chi connectivity index (χ2n) is 17.3. The predicted molar refractivity (Wildman–Crippen MR) is 261 cm³/mol. The van der Waals surface area contributed by atoms with Gasteiger partial charge < -0.3 is 31.6 Å². The molecule has 32 heteroatoms. The lowest BCUT2D eigenvalue weighted by atomic mass is 10.1. The molecule has 2 unspecified atom stereocenters. The van der Waals surface area contributed by atoms with Crippen LogP contribution in [0.3, 0.4) is 0 Å². The molecule has 0 amide bonds. The first-order valence-corrected chi connectivity index (χ1v) is 25.7. The summed E-state index contributed by atoms with van der Waals surface area (Å²) < 4.78 is 157. The second-order valence-corrected chi connectivity index (χ2v) is 20.3. The summed E-state index contributed by atoms with van der Waals surface area (Å²) in [5, 5.41) is 5.83. The summed E-state index contributed by atoms with van der Waals surface area (Å²) in [6.07, 6.45) is -2.51. The number of nitrogens with zero attached hydrogens (tertiary/aromatic N) is 13. The van der Waals surface area contributed by atoms with Gasteiger partial charge in [0.05, 0.1) is 35.9 Å². The molecule has 0 radical (unpaired) electrons. The zero-order chi connectivity index (χ0) is 54.7. The normalized spacial score (nSPS) is 17.4. The van der Waals surface area contributed by atoms with E-state index in [0.29, 0.717) is 16.4 Å². The number of ether oxygens (including phenoxy) is 2. The van der Waals surface area contributed by atoms with Crippen molar-refractivity contribution in [1.82, 2.24) is 63.3 Å². The van der Waals surface area contributed by atoms with Crippen molar-refractivity contribution in [1.29, 1.82) is 0 Å². The Morgan fingerprint density at radius 2 is 1.26 bits per heavy atom. The molecule has 2 saturated heterocycles. The van der Waals surface area contributed by atoms with Crippen LogP contribution in [-0.4, -0.2) is 161 Å². The first kappa shape index (κ1) is 55.2. The van der Waals surface area contributed by atoms with Crippen LogP contribution in [0.4, 0.5) is 70.0 Å². The number of pyridine rings is 4. The first-order valence-electron chi connectivity index (χ1n) is 22.9. The molecule has 406 valence electrons. The molecular formula is C44H49F8N18O4S2+. The summed E-state index contributed by atoms with van der Waals surface area (Å²) in [7, 11) is -3.18. The number of sulfonamides is 1. The summed E-state index contributed by atoms with van der Waals surface area (Å²) in [5.41, 5.74) is 13.0. The second kappa shape index (κ2) is 22.7. The summed E-state index contributed by atoms with van der Waals surface area (Å²) in [6.45, 7) is 0.584. The molecule has 0 spiro atoms. The smallest absolute Gasteiger partial charge is 0.405 e. The van der Waals surface area contributed by atoms with Crippen molar-refractivity contribution in [2.75, 3.05) is 87.1 Å². The van der Waals surface area contributed by atoms with Gasteiger partial charge >= 0.3 is 18.2 Å². The van der Waals surface area contributed by atoms with Gasteiger partial charge in [-0.3, -0.25) is 9.80 Å². The Hall–Kier alpha value is -7.00. The molecule has 22 nitrogen and oxygen atoms in total. The molecule has 0 aliphatic carbocycles. The van der Waals surface area contributed by atoms with E-state index in [1.54, 1.807) is 30.5 Å². The van der Waals surface area contributed by atoms with Crippen LogP contribution in [0, 0.1) is 25.5 Å². The van der Waals surface area contributed by atoms with Gasteiger partial charge in [-0.15, -0.1) is 0 Å². The fourth-order valence-corrected chi connectivity index (χ4v) is 10.2. The van der Waals surface area contributed by atoms with Crippen LogP contribution in [0.1, 0.15) is 22.8 Å². The Balaban J connectivity index is 0.930. The molecule has 8 rings (SSSR count). The number of piperazine rings is 2. The highest BCUT2D eigenvalue weighted by atomic mass is 32.2. The van der Waals surface area contributed by atoms with Crippen molar-refractivity contribution in [3.63, 3.8) is 0 Å². The van der Waals surface area contributed by atoms with Crippen molar-refractivity contribution in [3.05, 3.63) is 83.5 Å². The molecule has 8 heterocycles. The number of aromatic nitrogens is 10. The number of hydrogen-bond acceptors (Lipinski definition) is 21. The van der Waals surface area contributed by atoms with Crippen molar-refractivity contribution in [2.45, 2.75) is 51.4 Å². The van der Waals surface area contributed by atoms with E-state index in [9.17, 15) is 39.2 Å². The lowest BCUT2D eigenvalue weighted by Gasteiger charge is -2.41. The van der Waals surface area contributed by atoms with Crippen molar-refractivity contribution < 1.29 is 58.0 Å². The van der Waals surface area contributed by atoms with Crippen molar-refractivity contribution in [3.8, 4) is 34.5 Å². The SMILES string of the molecule is COc1ncc(Nc2ncc(CN3CCN(S(=O)(=O)CCOc4[nH+]cc(Nc5ncc(CN6CCN(SC)CC6C(F)(F)F)cc5-c5nc(C)nc(N)n5)cc4F)CC3C(F)(F)F)cc2-c2nc(C)nc(N)n2)cc1F. The van der Waals surface area contributed by atoms with Crippen molar-refractivity contribution in [2.24, 2.45) is 0 Å². The van der Waals surface area contributed by atoms with E-state index in [2.05, 4.69) is 60.5 Å². The number of halogens is 8. The quantitative estimate of drug-likeness (QED) is 0.0710. The Kier molecular flexibility index (Phi) is 16.5. The lowest BCUT2D eigenvalue weighted by molar-refractivity contribution is -0.396. The Morgan fingerprint density at radius 3 is 1.78 bits per heavy atom. The highest BCUT2D eigenvalue weighted by molar-refractivity contribution is 7.96. The molecular weight excluding hydrogens is 1060 g/mol. The van der Waals surface area contributed by atoms with E-state index in [1.807, 2.05) is 0 Å². The van der Waals surface area contributed by atoms with Gasteiger partial charge in [0.1, 0.15) is 47.7 Å².